The highest BCUT2D eigenvalue weighted by Crippen LogP contribution is 2.39. The first-order valence-corrected chi connectivity index (χ1v) is 14.1. The fraction of sp³-hybridized carbons (Fsp3) is 0.708. The molecule has 5 atom stereocenters. The van der Waals surface area contributed by atoms with Gasteiger partial charge < -0.3 is 24.1 Å². The van der Waals surface area contributed by atoms with Crippen LogP contribution < -0.4 is 0 Å². The second kappa shape index (κ2) is 10.1. The van der Waals surface area contributed by atoms with Gasteiger partial charge in [0.25, 0.3) is 0 Å². The highest BCUT2D eigenvalue weighted by molar-refractivity contribution is 6.74. The standard InChI is InChI=1S/C24H40O6Si/c1-17(14-29-31(6,7)23(3,4)5)20-13-24(27,21(25)22(26)30-20)18(2)15-28-16-19-11-9-8-10-12-19/h8-12,17-18,20-21,25,27H,13-16H2,1-7H3/t17-,18+,20?,21+,24+/m0/s1. The topological polar surface area (TPSA) is 85.2 Å². The lowest BCUT2D eigenvalue weighted by Gasteiger charge is -2.45. The number of carbonyl (C=O) groups excluding carboxylic acids is 1. The van der Waals surface area contributed by atoms with Gasteiger partial charge in [0.15, 0.2) is 14.4 Å². The number of esters is 1. The van der Waals surface area contributed by atoms with Gasteiger partial charge in [0, 0.05) is 24.9 Å². The summed E-state index contributed by atoms with van der Waals surface area (Å²) >= 11 is 0. The van der Waals surface area contributed by atoms with E-state index in [9.17, 15) is 15.0 Å². The Bertz CT molecular complexity index is 717. The molecule has 1 saturated heterocycles. The molecule has 1 aliphatic rings. The first kappa shape index (κ1) is 26.0. The first-order chi connectivity index (χ1) is 14.3. The maximum absolute atomic E-state index is 12.4. The van der Waals surface area contributed by atoms with Crippen molar-refractivity contribution in [3.8, 4) is 0 Å². The Kier molecular flexibility index (Phi) is 8.50. The van der Waals surface area contributed by atoms with Crippen molar-refractivity contribution in [1.82, 2.24) is 0 Å². The quantitative estimate of drug-likeness (QED) is 0.437. The molecule has 2 rings (SSSR count). The maximum Gasteiger partial charge on any atom is 0.338 e. The predicted octanol–water partition coefficient (Wildman–Crippen LogP) is 3.90. The van der Waals surface area contributed by atoms with E-state index in [1.54, 1.807) is 6.92 Å². The van der Waals surface area contributed by atoms with Crippen molar-refractivity contribution < 1.29 is 28.9 Å². The lowest BCUT2D eigenvalue weighted by atomic mass is 9.76. The van der Waals surface area contributed by atoms with Gasteiger partial charge in [-0.1, -0.05) is 65.0 Å². The summed E-state index contributed by atoms with van der Waals surface area (Å²) in [5.41, 5.74) is -0.582. The summed E-state index contributed by atoms with van der Waals surface area (Å²) in [6, 6.07) is 9.75. The van der Waals surface area contributed by atoms with Gasteiger partial charge >= 0.3 is 5.97 Å². The van der Waals surface area contributed by atoms with E-state index in [-0.39, 0.29) is 24.0 Å². The zero-order valence-corrected chi connectivity index (χ0v) is 21.1. The Morgan fingerprint density at radius 3 is 2.39 bits per heavy atom. The Morgan fingerprint density at radius 2 is 1.81 bits per heavy atom. The summed E-state index contributed by atoms with van der Waals surface area (Å²) in [5.74, 6) is -1.34. The van der Waals surface area contributed by atoms with Crippen LogP contribution in [0.5, 0.6) is 0 Å². The molecule has 0 radical (unpaired) electrons. The van der Waals surface area contributed by atoms with Gasteiger partial charge in [-0.2, -0.15) is 0 Å². The van der Waals surface area contributed by atoms with Crippen LogP contribution in [-0.2, 0) is 25.3 Å². The highest BCUT2D eigenvalue weighted by Gasteiger charge is 2.53. The molecule has 0 spiro atoms. The molecule has 7 heteroatoms. The fourth-order valence-corrected chi connectivity index (χ4v) is 4.53. The molecule has 176 valence electrons. The van der Waals surface area contributed by atoms with Crippen molar-refractivity contribution in [2.75, 3.05) is 13.2 Å². The molecule has 0 aliphatic carbocycles. The monoisotopic (exact) mass is 452 g/mol. The Labute approximate surface area is 188 Å². The van der Waals surface area contributed by atoms with Gasteiger partial charge in [-0.15, -0.1) is 0 Å². The molecule has 1 aliphatic heterocycles. The van der Waals surface area contributed by atoms with Crippen LogP contribution in [0.4, 0.5) is 0 Å². The van der Waals surface area contributed by atoms with Crippen molar-refractivity contribution in [2.45, 2.75) is 83.6 Å². The molecule has 1 heterocycles. The summed E-state index contributed by atoms with van der Waals surface area (Å²) in [7, 11) is -1.94. The highest BCUT2D eigenvalue weighted by atomic mass is 28.4. The number of cyclic esters (lactones) is 1. The molecule has 6 nitrogen and oxygen atoms in total. The fourth-order valence-electron chi connectivity index (χ4n) is 3.42. The second-order valence-electron chi connectivity index (χ2n) is 10.5. The minimum atomic E-state index is -1.94. The van der Waals surface area contributed by atoms with E-state index >= 15 is 0 Å². The Balaban J connectivity index is 1.99. The van der Waals surface area contributed by atoms with Crippen molar-refractivity contribution >= 4 is 14.3 Å². The van der Waals surface area contributed by atoms with Crippen LogP contribution in [-0.4, -0.2) is 55.5 Å². The lowest BCUT2D eigenvalue weighted by molar-refractivity contribution is -0.217. The van der Waals surface area contributed by atoms with Gasteiger partial charge in [-0.25, -0.2) is 4.79 Å². The zero-order valence-electron chi connectivity index (χ0n) is 20.1. The van der Waals surface area contributed by atoms with Crippen LogP contribution in [0.2, 0.25) is 18.1 Å². The summed E-state index contributed by atoms with van der Waals surface area (Å²) in [5, 5.41) is 21.8. The molecule has 0 bridgehead atoms. The molecule has 2 N–H and O–H groups in total. The average molecular weight is 453 g/mol. The summed E-state index contributed by atoms with van der Waals surface area (Å²) in [6.45, 7) is 15.7. The van der Waals surface area contributed by atoms with Crippen LogP contribution in [0.15, 0.2) is 30.3 Å². The van der Waals surface area contributed by atoms with E-state index in [0.29, 0.717) is 13.2 Å². The number of aliphatic hydroxyl groups is 2. The lowest BCUT2D eigenvalue weighted by Crippen LogP contribution is -2.60. The van der Waals surface area contributed by atoms with Crippen LogP contribution in [0, 0.1) is 11.8 Å². The van der Waals surface area contributed by atoms with Crippen LogP contribution >= 0.6 is 0 Å². The molecule has 0 aromatic heterocycles. The van der Waals surface area contributed by atoms with Crippen molar-refractivity contribution in [2.24, 2.45) is 11.8 Å². The molecule has 0 amide bonds. The third-order valence-electron chi connectivity index (χ3n) is 6.97. The van der Waals surface area contributed by atoms with E-state index in [1.165, 1.54) is 0 Å². The van der Waals surface area contributed by atoms with Crippen LogP contribution in [0.1, 0.15) is 46.6 Å². The molecular weight excluding hydrogens is 412 g/mol. The number of carbonyl (C=O) groups is 1. The number of ether oxygens (including phenoxy) is 2. The van der Waals surface area contributed by atoms with Crippen LogP contribution in [0.3, 0.4) is 0 Å². The van der Waals surface area contributed by atoms with E-state index < -0.39 is 38.0 Å². The van der Waals surface area contributed by atoms with E-state index in [0.717, 1.165) is 5.56 Å². The number of aliphatic hydroxyl groups excluding tert-OH is 1. The van der Waals surface area contributed by atoms with E-state index in [4.69, 9.17) is 13.9 Å². The van der Waals surface area contributed by atoms with Crippen molar-refractivity contribution in [3.63, 3.8) is 0 Å². The van der Waals surface area contributed by atoms with Crippen molar-refractivity contribution in [3.05, 3.63) is 35.9 Å². The van der Waals surface area contributed by atoms with Crippen molar-refractivity contribution in [1.29, 1.82) is 0 Å². The minimum absolute atomic E-state index is 0.0809. The molecule has 0 saturated carbocycles. The second-order valence-corrected chi connectivity index (χ2v) is 15.3. The van der Waals surface area contributed by atoms with Gasteiger partial charge in [0.2, 0.25) is 0 Å². The predicted molar refractivity (Wildman–Crippen MR) is 123 cm³/mol. The van der Waals surface area contributed by atoms with E-state index in [1.807, 2.05) is 37.3 Å². The first-order valence-electron chi connectivity index (χ1n) is 11.1. The SMILES string of the molecule is C[C@H](COCc1ccccc1)[C@]1(O)CC([C@@H](C)CO[Si](C)(C)C(C)(C)C)OC(=O)[C@H]1O. The van der Waals surface area contributed by atoms with Gasteiger partial charge in [0.05, 0.1) is 13.2 Å². The minimum Gasteiger partial charge on any atom is -0.460 e. The third kappa shape index (κ3) is 6.39. The average Bonchev–Trinajstić information content (AvgIpc) is 2.69. The molecule has 1 aromatic rings. The normalized spacial score (nSPS) is 26.9. The van der Waals surface area contributed by atoms with Gasteiger partial charge in [-0.3, -0.25) is 0 Å². The molecule has 1 aromatic carbocycles. The van der Waals surface area contributed by atoms with Gasteiger partial charge in [-0.05, 0) is 23.7 Å². The molecular formula is C24H40O6Si. The number of benzene rings is 1. The molecule has 31 heavy (non-hydrogen) atoms. The summed E-state index contributed by atoms with van der Waals surface area (Å²) < 4.78 is 17.5. The van der Waals surface area contributed by atoms with E-state index in [2.05, 4.69) is 33.9 Å². The summed E-state index contributed by atoms with van der Waals surface area (Å²) in [6.07, 6.45) is -1.97. The Morgan fingerprint density at radius 1 is 1.19 bits per heavy atom. The molecule has 1 unspecified atom stereocenters. The third-order valence-corrected chi connectivity index (χ3v) is 11.5. The smallest absolute Gasteiger partial charge is 0.338 e. The number of hydrogen-bond donors (Lipinski definition) is 2. The summed E-state index contributed by atoms with van der Waals surface area (Å²) in [4.78, 5) is 12.4. The number of hydrogen-bond acceptors (Lipinski definition) is 6. The Hall–Kier alpha value is -1.25. The van der Waals surface area contributed by atoms with Crippen LogP contribution in [0.25, 0.3) is 0 Å². The maximum atomic E-state index is 12.4. The number of rotatable bonds is 9. The molecule has 1 fully saturated rings. The van der Waals surface area contributed by atoms with Gasteiger partial charge in [0.1, 0.15) is 11.7 Å². The largest absolute Gasteiger partial charge is 0.460 e. The zero-order chi connectivity index (χ0) is 23.4.